The highest BCUT2D eigenvalue weighted by Crippen LogP contribution is 2.26. The molecule has 5 nitrogen and oxygen atoms in total. The van der Waals surface area contributed by atoms with Crippen molar-refractivity contribution in [1.29, 1.82) is 0 Å². The van der Waals surface area contributed by atoms with Crippen molar-refractivity contribution in [3.05, 3.63) is 0 Å². The molecule has 0 radical (unpaired) electrons. The minimum Gasteiger partial charge on any atom is -0.480 e. The average Bonchev–Trinajstić information content (AvgIpc) is 1.95. The zero-order valence-corrected chi connectivity index (χ0v) is 9.28. The van der Waals surface area contributed by atoms with Crippen molar-refractivity contribution in [2.75, 3.05) is 11.5 Å². The highest BCUT2D eigenvalue weighted by molar-refractivity contribution is 8.77. The molecule has 8 heteroatoms. The molecule has 1 unspecified atom stereocenters. The fraction of sp³-hybridized carbons (Fsp3) is 0.800. The summed E-state index contributed by atoms with van der Waals surface area (Å²) in [6.45, 7) is 1.51. The van der Waals surface area contributed by atoms with Crippen LogP contribution in [-0.2, 0) is 14.9 Å². The molecule has 0 spiro atoms. The van der Waals surface area contributed by atoms with Crippen LogP contribution in [-0.4, -0.2) is 40.8 Å². The van der Waals surface area contributed by atoms with Gasteiger partial charge in [0.05, 0.1) is 5.75 Å². The smallest absolute Gasteiger partial charge is 0.317 e. The van der Waals surface area contributed by atoms with Crippen LogP contribution in [0.4, 0.5) is 0 Å². The van der Waals surface area contributed by atoms with E-state index in [1.54, 1.807) is 0 Å². The van der Waals surface area contributed by atoms with Gasteiger partial charge in [-0.2, -0.15) is 8.42 Å². The number of carbonyl (C=O) groups is 1. The van der Waals surface area contributed by atoms with Crippen molar-refractivity contribution in [2.45, 2.75) is 12.2 Å². The van der Waals surface area contributed by atoms with Crippen LogP contribution in [0, 0.1) is 0 Å². The molecule has 0 saturated heterocycles. The summed E-state index contributed by atoms with van der Waals surface area (Å²) in [5, 5.41) is 7.86. The maximum Gasteiger partial charge on any atom is 0.317 e. The van der Waals surface area contributed by atoms with E-state index in [4.69, 9.17) is 9.66 Å². The third-order valence-corrected chi connectivity index (χ3v) is 4.73. The molecule has 78 valence electrons. The molecule has 0 rings (SSSR count). The molecule has 1 atom stereocenters. The van der Waals surface area contributed by atoms with Gasteiger partial charge in [0.2, 0.25) is 0 Å². The van der Waals surface area contributed by atoms with E-state index in [1.807, 2.05) is 0 Å². The molecule has 0 heterocycles. The molecule has 0 aliphatic carbocycles. The maximum absolute atomic E-state index is 10.3. The van der Waals surface area contributed by atoms with E-state index >= 15 is 0 Å². The molecular weight excluding hydrogens is 236 g/mol. The molecule has 2 N–H and O–H groups in total. The van der Waals surface area contributed by atoms with Crippen LogP contribution in [0.1, 0.15) is 6.92 Å². The van der Waals surface area contributed by atoms with Gasteiger partial charge in [-0.05, 0) is 6.92 Å². The molecule has 0 bridgehead atoms. The van der Waals surface area contributed by atoms with Gasteiger partial charge in [0.25, 0.3) is 10.1 Å². The first-order valence-corrected chi connectivity index (χ1v) is 7.28. The Bertz CT molecular complexity index is 259. The number of hydrogen-bond donors (Lipinski definition) is 2. The molecule has 0 saturated carbocycles. The Balaban J connectivity index is 3.53. The van der Waals surface area contributed by atoms with Gasteiger partial charge < -0.3 is 5.11 Å². The Kier molecular flexibility index (Phi) is 5.77. The van der Waals surface area contributed by atoms with Gasteiger partial charge >= 0.3 is 5.97 Å². The zero-order valence-electron chi connectivity index (χ0n) is 6.84. The summed E-state index contributed by atoms with van der Waals surface area (Å²) in [6.07, 6.45) is 0. The molecule has 13 heavy (non-hydrogen) atoms. The number of rotatable bonds is 6. The van der Waals surface area contributed by atoms with E-state index in [1.165, 1.54) is 6.92 Å². The fourth-order valence-electron chi connectivity index (χ4n) is 0.331. The van der Waals surface area contributed by atoms with Crippen LogP contribution in [0.5, 0.6) is 0 Å². The lowest BCUT2D eigenvalue weighted by Gasteiger charge is -2.03. The third-order valence-electron chi connectivity index (χ3n) is 0.985. The van der Waals surface area contributed by atoms with Gasteiger partial charge in [-0.25, -0.2) is 0 Å². The molecular formula is C5H10O5S3. The first-order valence-electron chi connectivity index (χ1n) is 3.29. The van der Waals surface area contributed by atoms with E-state index in [0.29, 0.717) is 0 Å². The highest BCUT2D eigenvalue weighted by Gasteiger charge is 2.12. The Morgan fingerprint density at radius 1 is 1.54 bits per heavy atom. The number of aliphatic carboxylic acids is 1. The molecule has 0 aromatic heterocycles. The molecule has 0 fully saturated rings. The molecule has 0 aromatic carbocycles. The van der Waals surface area contributed by atoms with E-state index in [2.05, 4.69) is 0 Å². The van der Waals surface area contributed by atoms with Gasteiger partial charge in [0.15, 0.2) is 0 Å². The Morgan fingerprint density at radius 2 is 2.08 bits per heavy atom. The summed E-state index contributed by atoms with van der Waals surface area (Å²) in [7, 11) is -1.74. The summed E-state index contributed by atoms with van der Waals surface area (Å²) in [5.74, 6) is -1.11. The van der Waals surface area contributed by atoms with E-state index in [0.717, 1.165) is 21.6 Å². The molecule has 0 aromatic rings. The highest BCUT2D eigenvalue weighted by atomic mass is 33.1. The lowest BCUT2D eigenvalue weighted by molar-refractivity contribution is -0.136. The normalized spacial score (nSPS) is 14.0. The van der Waals surface area contributed by atoms with Crippen molar-refractivity contribution >= 4 is 37.7 Å². The predicted molar refractivity (Wildman–Crippen MR) is 53.6 cm³/mol. The summed E-state index contributed by atoms with van der Waals surface area (Å²) < 4.78 is 28.8. The lowest BCUT2D eigenvalue weighted by Crippen LogP contribution is -2.11. The summed E-state index contributed by atoms with van der Waals surface area (Å²) >= 11 is 0. The maximum atomic E-state index is 10.3. The minimum absolute atomic E-state index is 0.182. The second-order valence-corrected chi connectivity index (χ2v) is 6.58. The lowest BCUT2D eigenvalue weighted by atomic mass is 10.5. The van der Waals surface area contributed by atoms with Crippen molar-refractivity contribution < 1.29 is 22.9 Å². The van der Waals surface area contributed by atoms with Crippen LogP contribution in [0.2, 0.25) is 0 Å². The van der Waals surface area contributed by atoms with Gasteiger partial charge in [0, 0.05) is 5.75 Å². The second kappa shape index (κ2) is 5.74. The Labute approximate surface area is 84.4 Å². The SMILES string of the molecule is CC(SSCCS(=O)(=O)O)C(=O)O. The largest absolute Gasteiger partial charge is 0.480 e. The van der Waals surface area contributed by atoms with Gasteiger partial charge in [-0.1, -0.05) is 21.6 Å². The van der Waals surface area contributed by atoms with E-state index < -0.39 is 21.3 Å². The van der Waals surface area contributed by atoms with Crippen LogP contribution < -0.4 is 0 Å². The van der Waals surface area contributed by atoms with Gasteiger partial charge in [-0.15, -0.1) is 0 Å². The third kappa shape index (κ3) is 8.41. The number of carboxylic acids is 1. The van der Waals surface area contributed by atoms with Crippen LogP contribution in [0.25, 0.3) is 0 Å². The van der Waals surface area contributed by atoms with Crippen LogP contribution >= 0.6 is 21.6 Å². The van der Waals surface area contributed by atoms with Crippen molar-refractivity contribution in [3.63, 3.8) is 0 Å². The predicted octanol–water partition coefficient (Wildman–Crippen LogP) is 0.729. The minimum atomic E-state index is -3.92. The molecule has 0 aliphatic rings. The van der Waals surface area contributed by atoms with Crippen molar-refractivity contribution in [3.8, 4) is 0 Å². The summed E-state index contributed by atoms with van der Waals surface area (Å²) in [4.78, 5) is 10.3. The van der Waals surface area contributed by atoms with Crippen molar-refractivity contribution in [2.24, 2.45) is 0 Å². The Hall–Kier alpha value is 0.0800. The molecule has 0 aliphatic heterocycles. The average molecular weight is 246 g/mol. The second-order valence-electron chi connectivity index (χ2n) is 2.18. The van der Waals surface area contributed by atoms with Gasteiger partial charge in [0.1, 0.15) is 5.25 Å². The van der Waals surface area contributed by atoms with Crippen molar-refractivity contribution in [1.82, 2.24) is 0 Å². The Morgan fingerprint density at radius 3 is 2.46 bits per heavy atom. The first kappa shape index (κ1) is 13.1. The first-order chi connectivity index (χ1) is 5.83. The standard InChI is InChI=1S/C5H10O5S3/c1-4(5(6)7)12-11-2-3-13(8,9)10/h4H,2-3H2,1H3,(H,6,7)(H,8,9,10). The van der Waals surface area contributed by atoms with E-state index in [9.17, 15) is 13.2 Å². The monoisotopic (exact) mass is 246 g/mol. The fourth-order valence-corrected chi connectivity index (χ4v) is 3.59. The van der Waals surface area contributed by atoms with E-state index in [-0.39, 0.29) is 11.5 Å². The number of hydrogen-bond acceptors (Lipinski definition) is 5. The zero-order chi connectivity index (χ0) is 10.5. The number of carboxylic acid groups (broad SMARTS) is 1. The topological polar surface area (TPSA) is 91.7 Å². The summed E-state index contributed by atoms with van der Waals surface area (Å²) in [6, 6.07) is 0. The van der Waals surface area contributed by atoms with Gasteiger partial charge in [-0.3, -0.25) is 9.35 Å². The molecule has 0 amide bonds. The van der Waals surface area contributed by atoms with Crippen LogP contribution in [0.15, 0.2) is 0 Å². The van der Waals surface area contributed by atoms with Crippen LogP contribution in [0.3, 0.4) is 0 Å². The quantitative estimate of drug-likeness (QED) is 0.405. The summed E-state index contributed by atoms with van der Waals surface area (Å²) in [5.41, 5.74) is 0.